The van der Waals surface area contributed by atoms with Crippen LogP contribution in [0, 0.1) is 5.21 Å². The van der Waals surface area contributed by atoms with Gasteiger partial charge in [-0.3, -0.25) is 4.79 Å². The summed E-state index contributed by atoms with van der Waals surface area (Å²) in [5.41, 5.74) is -0.204. The summed E-state index contributed by atoms with van der Waals surface area (Å²) in [5, 5.41) is 21.1. The Morgan fingerprint density at radius 3 is 2.33 bits per heavy atom. The van der Waals surface area contributed by atoms with E-state index in [-0.39, 0.29) is 5.78 Å². The first kappa shape index (κ1) is 10.1. The monoisotopic (exact) mass is 207 g/mol. The van der Waals surface area contributed by atoms with E-state index in [9.17, 15) is 15.1 Å². The zero-order valence-electron chi connectivity index (χ0n) is 8.35. The van der Waals surface area contributed by atoms with Gasteiger partial charge in [-0.1, -0.05) is 0 Å². The van der Waals surface area contributed by atoms with Crippen molar-refractivity contribution in [1.29, 1.82) is 0 Å². The Morgan fingerprint density at radius 1 is 1.27 bits per heavy atom. The average molecular weight is 207 g/mol. The summed E-state index contributed by atoms with van der Waals surface area (Å²) >= 11 is 0. The predicted molar refractivity (Wildman–Crippen MR) is 52.8 cm³/mol. The maximum Gasteiger partial charge on any atom is 0.180 e. The number of ketones is 1. The fourth-order valence-electron chi connectivity index (χ4n) is 1.95. The topological polar surface area (TPSA) is 64.2 Å². The van der Waals surface area contributed by atoms with Gasteiger partial charge in [-0.05, 0) is 18.4 Å². The molecule has 1 aromatic rings. The summed E-state index contributed by atoms with van der Waals surface area (Å²) in [6.07, 6.45) is 4.47. The Balaban J connectivity index is 2.22. The van der Waals surface area contributed by atoms with E-state index in [0.29, 0.717) is 30.4 Å². The van der Waals surface area contributed by atoms with Gasteiger partial charge in [0.15, 0.2) is 12.4 Å². The minimum atomic E-state index is -0.928. The van der Waals surface area contributed by atoms with Crippen LogP contribution in [-0.2, 0) is 10.4 Å². The third kappa shape index (κ3) is 1.99. The molecule has 2 rings (SSSR count). The number of carbonyl (C=O) groups excluding carboxylic acids is 1. The van der Waals surface area contributed by atoms with E-state index in [1.54, 1.807) is 12.1 Å². The van der Waals surface area contributed by atoms with Crippen LogP contribution in [0.4, 0.5) is 0 Å². The lowest BCUT2D eigenvalue weighted by Crippen LogP contribution is -2.33. The van der Waals surface area contributed by atoms with E-state index in [1.807, 2.05) is 0 Å². The van der Waals surface area contributed by atoms with Gasteiger partial charge in [-0.15, -0.1) is 0 Å². The van der Waals surface area contributed by atoms with Crippen LogP contribution in [0.25, 0.3) is 0 Å². The van der Waals surface area contributed by atoms with E-state index >= 15 is 0 Å². The molecule has 0 aliphatic heterocycles. The van der Waals surface area contributed by atoms with Gasteiger partial charge >= 0.3 is 0 Å². The summed E-state index contributed by atoms with van der Waals surface area (Å²) in [7, 11) is 0. The highest BCUT2D eigenvalue weighted by Crippen LogP contribution is 2.34. The molecule has 0 bridgehead atoms. The number of Topliss-reactive ketones (excluding diaryl/α,β-unsaturated/α-hetero) is 1. The summed E-state index contributed by atoms with van der Waals surface area (Å²) < 4.78 is 0.681. The summed E-state index contributed by atoms with van der Waals surface area (Å²) in [4.78, 5) is 11.1. The Labute approximate surface area is 87.7 Å². The molecule has 1 heterocycles. The van der Waals surface area contributed by atoms with Crippen LogP contribution in [-0.4, -0.2) is 10.9 Å². The molecule has 4 heteroatoms. The van der Waals surface area contributed by atoms with Gasteiger partial charge in [0.2, 0.25) is 0 Å². The highest BCUT2D eigenvalue weighted by atomic mass is 16.5. The smallest absolute Gasteiger partial charge is 0.180 e. The molecule has 0 spiro atoms. The maximum absolute atomic E-state index is 11.1. The van der Waals surface area contributed by atoms with Crippen molar-refractivity contribution in [2.45, 2.75) is 31.3 Å². The molecule has 0 unspecified atom stereocenters. The van der Waals surface area contributed by atoms with Gasteiger partial charge in [0.05, 0.1) is 5.60 Å². The molecule has 0 amide bonds. The fraction of sp³-hybridized carbons (Fsp3) is 0.455. The van der Waals surface area contributed by atoms with Crippen LogP contribution in [0.1, 0.15) is 31.2 Å². The van der Waals surface area contributed by atoms with Gasteiger partial charge in [0.25, 0.3) is 0 Å². The molecule has 4 nitrogen and oxygen atoms in total. The lowest BCUT2D eigenvalue weighted by atomic mass is 9.79. The molecule has 0 radical (unpaired) electrons. The molecule has 1 aromatic heterocycles. The second kappa shape index (κ2) is 3.62. The normalized spacial score (nSPS) is 20.2. The summed E-state index contributed by atoms with van der Waals surface area (Å²) in [5.74, 6) is 0.203. The number of pyridine rings is 1. The van der Waals surface area contributed by atoms with Crippen molar-refractivity contribution in [3.8, 4) is 0 Å². The maximum atomic E-state index is 11.1. The van der Waals surface area contributed by atoms with Gasteiger partial charge in [-0.2, -0.15) is 4.73 Å². The third-order valence-corrected chi connectivity index (χ3v) is 2.97. The van der Waals surface area contributed by atoms with E-state index in [4.69, 9.17) is 0 Å². The quantitative estimate of drug-likeness (QED) is 0.543. The molecule has 0 aromatic carbocycles. The van der Waals surface area contributed by atoms with E-state index in [2.05, 4.69) is 0 Å². The molecule has 80 valence electrons. The first-order valence-corrected chi connectivity index (χ1v) is 5.03. The van der Waals surface area contributed by atoms with Crippen molar-refractivity contribution in [2.75, 3.05) is 0 Å². The number of hydrogen-bond acceptors (Lipinski definition) is 3. The second-order valence-corrected chi connectivity index (χ2v) is 4.02. The largest absolute Gasteiger partial charge is 0.619 e. The minimum Gasteiger partial charge on any atom is -0.619 e. The number of aromatic nitrogens is 1. The SMILES string of the molecule is O=C1CCC(O)(c2cc[n+]([O-])cc2)CC1. The Morgan fingerprint density at radius 2 is 1.80 bits per heavy atom. The van der Waals surface area contributed by atoms with Crippen molar-refractivity contribution in [3.63, 3.8) is 0 Å². The standard InChI is InChI=1S/C11H13NO3/c13-10-1-5-11(14,6-2-10)9-3-7-12(15)8-4-9/h3-4,7-8,14H,1-2,5-6H2. The van der Waals surface area contributed by atoms with Gasteiger partial charge in [0, 0.05) is 25.0 Å². The van der Waals surface area contributed by atoms with Gasteiger partial charge in [-0.25, -0.2) is 0 Å². The molecule has 15 heavy (non-hydrogen) atoms. The van der Waals surface area contributed by atoms with Crippen LogP contribution < -0.4 is 4.73 Å². The minimum absolute atomic E-state index is 0.203. The predicted octanol–water partition coefficient (Wildman–Crippen LogP) is 0.651. The Bertz CT molecular complexity index is 362. The number of rotatable bonds is 1. The van der Waals surface area contributed by atoms with Crippen LogP contribution in [0.2, 0.25) is 0 Å². The van der Waals surface area contributed by atoms with E-state index < -0.39 is 5.60 Å². The molecular weight excluding hydrogens is 194 g/mol. The Kier molecular flexibility index (Phi) is 2.44. The number of aliphatic hydroxyl groups is 1. The Hall–Kier alpha value is -1.42. The number of carbonyl (C=O) groups is 1. The molecule has 1 aliphatic carbocycles. The van der Waals surface area contributed by atoms with Crippen LogP contribution in [0.5, 0.6) is 0 Å². The highest BCUT2D eigenvalue weighted by molar-refractivity contribution is 5.79. The van der Waals surface area contributed by atoms with Crippen LogP contribution >= 0.6 is 0 Å². The van der Waals surface area contributed by atoms with Crippen LogP contribution in [0.3, 0.4) is 0 Å². The van der Waals surface area contributed by atoms with Crippen LogP contribution in [0.15, 0.2) is 24.5 Å². The van der Waals surface area contributed by atoms with Crippen molar-refractivity contribution in [3.05, 3.63) is 35.3 Å². The van der Waals surface area contributed by atoms with Gasteiger partial charge < -0.3 is 10.3 Å². The van der Waals surface area contributed by atoms with E-state index in [0.717, 1.165) is 5.56 Å². The van der Waals surface area contributed by atoms with Crippen molar-refractivity contribution in [2.24, 2.45) is 0 Å². The fourth-order valence-corrected chi connectivity index (χ4v) is 1.95. The number of hydrogen-bond donors (Lipinski definition) is 1. The zero-order chi connectivity index (χ0) is 10.9. The van der Waals surface area contributed by atoms with Crippen molar-refractivity contribution in [1.82, 2.24) is 0 Å². The first-order valence-electron chi connectivity index (χ1n) is 5.03. The lowest BCUT2D eigenvalue weighted by Gasteiger charge is -2.31. The molecular formula is C11H13NO3. The first-order chi connectivity index (χ1) is 7.10. The third-order valence-electron chi connectivity index (χ3n) is 2.97. The molecule has 1 saturated carbocycles. The van der Waals surface area contributed by atoms with Crippen molar-refractivity contribution < 1.29 is 14.6 Å². The molecule has 1 aliphatic rings. The molecule has 1 N–H and O–H groups in total. The van der Waals surface area contributed by atoms with E-state index in [1.165, 1.54) is 12.4 Å². The van der Waals surface area contributed by atoms with Gasteiger partial charge in [0.1, 0.15) is 5.78 Å². The average Bonchev–Trinajstić information content (AvgIpc) is 2.24. The second-order valence-electron chi connectivity index (χ2n) is 4.02. The summed E-state index contributed by atoms with van der Waals surface area (Å²) in [6, 6.07) is 3.23. The highest BCUT2D eigenvalue weighted by Gasteiger charge is 2.34. The molecule has 0 atom stereocenters. The zero-order valence-corrected chi connectivity index (χ0v) is 8.35. The number of nitrogens with zero attached hydrogens (tertiary/aromatic N) is 1. The summed E-state index contributed by atoms with van der Waals surface area (Å²) in [6.45, 7) is 0. The molecule has 0 saturated heterocycles. The molecule has 1 fully saturated rings. The lowest BCUT2D eigenvalue weighted by molar-refractivity contribution is -0.605. The van der Waals surface area contributed by atoms with Crippen molar-refractivity contribution >= 4 is 5.78 Å².